The van der Waals surface area contributed by atoms with Crippen LogP contribution in [0.2, 0.25) is 0 Å². The highest BCUT2D eigenvalue weighted by Gasteiger charge is 2.17. The molecule has 7 heteroatoms. The van der Waals surface area contributed by atoms with Crippen LogP contribution in [0.25, 0.3) is 0 Å². The Bertz CT molecular complexity index is 711. The van der Waals surface area contributed by atoms with Crippen LogP contribution in [-0.2, 0) is 25.9 Å². The summed E-state index contributed by atoms with van der Waals surface area (Å²) in [4.78, 5) is 12.2. The van der Waals surface area contributed by atoms with Crippen LogP contribution in [-0.4, -0.2) is 32.5 Å². The highest BCUT2D eigenvalue weighted by Crippen LogP contribution is 2.15. The third-order valence-corrected chi connectivity index (χ3v) is 4.62. The summed E-state index contributed by atoms with van der Waals surface area (Å²) < 4.78 is 2.08. The second kappa shape index (κ2) is 8.11. The maximum Gasteiger partial charge on any atom is 0.315 e. The fraction of sp³-hybridized carbons (Fsp3) is 0.500. The zero-order chi connectivity index (χ0) is 17.6. The van der Waals surface area contributed by atoms with Crippen molar-refractivity contribution in [2.24, 2.45) is 0 Å². The van der Waals surface area contributed by atoms with Crippen LogP contribution in [0.4, 0.5) is 4.79 Å². The standard InChI is InChI=1S/C18H25N5O2/c1-2-13-6-8-14(9-7-13)15(12-24)20-18(25)19-11-17-22-21-16-5-3-4-10-23(16)17/h6-9,15,24H,2-5,10-12H2,1H3,(H2,19,20,25). The number of hydrogen-bond acceptors (Lipinski definition) is 4. The minimum atomic E-state index is -0.432. The molecule has 3 rings (SSSR count). The molecule has 25 heavy (non-hydrogen) atoms. The van der Waals surface area contributed by atoms with E-state index in [1.807, 2.05) is 24.3 Å². The van der Waals surface area contributed by atoms with Gasteiger partial charge in [-0.3, -0.25) is 0 Å². The number of nitrogens with one attached hydrogen (secondary N) is 2. The van der Waals surface area contributed by atoms with Gasteiger partial charge in [-0.2, -0.15) is 0 Å². The van der Waals surface area contributed by atoms with Gasteiger partial charge in [0.2, 0.25) is 0 Å². The monoisotopic (exact) mass is 343 g/mol. The maximum absolute atomic E-state index is 12.2. The largest absolute Gasteiger partial charge is 0.394 e. The molecule has 1 aromatic heterocycles. The molecule has 0 saturated carbocycles. The molecule has 0 radical (unpaired) electrons. The van der Waals surface area contributed by atoms with Gasteiger partial charge in [-0.25, -0.2) is 4.79 Å². The zero-order valence-electron chi connectivity index (χ0n) is 14.5. The van der Waals surface area contributed by atoms with Gasteiger partial charge in [0.1, 0.15) is 5.82 Å². The average molecular weight is 343 g/mol. The van der Waals surface area contributed by atoms with E-state index in [4.69, 9.17) is 0 Å². The minimum absolute atomic E-state index is 0.154. The Kier molecular flexibility index (Phi) is 5.65. The van der Waals surface area contributed by atoms with Crippen molar-refractivity contribution in [3.05, 3.63) is 47.0 Å². The van der Waals surface area contributed by atoms with Crippen molar-refractivity contribution in [3.63, 3.8) is 0 Å². The van der Waals surface area contributed by atoms with Gasteiger partial charge in [0.15, 0.2) is 5.82 Å². The minimum Gasteiger partial charge on any atom is -0.394 e. The Morgan fingerprint density at radius 2 is 2.08 bits per heavy atom. The maximum atomic E-state index is 12.2. The molecule has 0 saturated heterocycles. The molecule has 3 N–H and O–H groups in total. The van der Waals surface area contributed by atoms with Crippen LogP contribution in [0.1, 0.15) is 48.6 Å². The van der Waals surface area contributed by atoms with Crippen LogP contribution in [0.5, 0.6) is 0 Å². The molecule has 2 amide bonds. The first kappa shape index (κ1) is 17.4. The number of urea groups is 1. The van der Waals surface area contributed by atoms with Gasteiger partial charge in [0.25, 0.3) is 0 Å². The first-order valence-electron chi connectivity index (χ1n) is 8.86. The van der Waals surface area contributed by atoms with Gasteiger partial charge in [0.05, 0.1) is 19.2 Å². The topological polar surface area (TPSA) is 92.1 Å². The summed E-state index contributed by atoms with van der Waals surface area (Å²) in [7, 11) is 0. The number of carbonyl (C=O) groups is 1. The molecule has 2 aromatic rings. The Labute approximate surface area is 147 Å². The van der Waals surface area contributed by atoms with Gasteiger partial charge in [-0.05, 0) is 30.4 Å². The summed E-state index contributed by atoms with van der Waals surface area (Å²) in [5, 5.41) is 23.6. The Morgan fingerprint density at radius 3 is 2.80 bits per heavy atom. The first-order valence-corrected chi connectivity index (χ1v) is 8.86. The number of amides is 2. The van der Waals surface area contributed by atoms with Crippen molar-refractivity contribution in [1.29, 1.82) is 0 Å². The molecule has 0 bridgehead atoms. The number of hydrogen-bond donors (Lipinski definition) is 3. The third kappa shape index (κ3) is 4.17. The van der Waals surface area contributed by atoms with E-state index in [-0.39, 0.29) is 12.6 Å². The molecule has 7 nitrogen and oxygen atoms in total. The lowest BCUT2D eigenvalue weighted by molar-refractivity contribution is 0.216. The number of carbonyl (C=O) groups excluding carboxylic acids is 1. The second-order valence-corrected chi connectivity index (χ2v) is 6.30. The number of rotatable bonds is 6. The van der Waals surface area contributed by atoms with Crippen molar-refractivity contribution in [2.75, 3.05) is 6.61 Å². The number of nitrogens with zero attached hydrogens (tertiary/aromatic N) is 3. The van der Waals surface area contributed by atoms with Gasteiger partial charge < -0.3 is 20.3 Å². The number of fused-ring (bicyclic) bond motifs is 1. The van der Waals surface area contributed by atoms with E-state index in [2.05, 4.69) is 32.3 Å². The molecule has 0 fully saturated rings. The molecule has 134 valence electrons. The van der Waals surface area contributed by atoms with E-state index in [1.54, 1.807) is 0 Å². The summed E-state index contributed by atoms with van der Waals surface area (Å²) in [6.45, 7) is 3.17. The van der Waals surface area contributed by atoms with E-state index in [0.717, 1.165) is 49.4 Å². The van der Waals surface area contributed by atoms with Crippen LogP contribution >= 0.6 is 0 Å². The third-order valence-electron chi connectivity index (χ3n) is 4.62. The number of aliphatic hydroxyl groups is 1. The lowest BCUT2D eigenvalue weighted by Crippen LogP contribution is -2.39. The fourth-order valence-electron chi connectivity index (χ4n) is 3.09. The van der Waals surface area contributed by atoms with E-state index in [0.29, 0.717) is 6.54 Å². The van der Waals surface area contributed by atoms with Crippen LogP contribution in [0.3, 0.4) is 0 Å². The normalized spacial score (nSPS) is 14.6. The highest BCUT2D eigenvalue weighted by molar-refractivity contribution is 5.74. The number of benzene rings is 1. The highest BCUT2D eigenvalue weighted by atomic mass is 16.3. The molecule has 0 spiro atoms. The van der Waals surface area contributed by atoms with Gasteiger partial charge in [-0.1, -0.05) is 31.2 Å². The second-order valence-electron chi connectivity index (χ2n) is 6.30. The number of aromatic nitrogens is 3. The van der Waals surface area contributed by atoms with Crippen molar-refractivity contribution < 1.29 is 9.90 Å². The van der Waals surface area contributed by atoms with Gasteiger partial charge in [-0.15, -0.1) is 10.2 Å². The van der Waals surface area contributed by atoms with Gasteiger partial charge in [0, 0.05) is 13.0 Å². The van der Waals surface area contributed by atoms with Crippen molar-refractivity contribution in [2.45, 2.75) is 51.7 Å². The molecule has 2 heterocycles. The smallest absolute Gasteiger partial charge is 0.315 e. The van der Waals surface area contributed by atoms with Crippen LogP contribution in [0, 0.1) is 0 Å². The van der Waals surface area contributed by atoms with E-state index in [1.165, 1.54) is 5.56 Å². The lowest BCUT2D eigenvalue weighted by atomic mass is 10.0. The molecule has 1 aliphatic rings. The number of aliphatic hydroxyl groups excluding tert-OH is 1. The molecule has 1 aliphatic heterocycles. The SMILES string of the molecule is CCc1ccc(C(CO)NC(=O)NCc2nnc3n2CCCC3)cc1. The molecular weight excluding hydrogens is 318 g/mol. The van der Waals surface area contributed by atoms with E-state index < -0.39 is 6.04 Å². The summed E-state index contributed by atoms with van der Waals surface area (Å²) in [6, 6.07) is 7.15. The fourth-order valence-corrected chi connectivity index (χ4v) is 3.09. The Hall–Kier alpha value is -2.41. The molecule has 1 unspecified atom stereocenters. The van der Waals surface area contributed by atoms with E-state index in [9.17, 15) is 9.90 Å². The summed E-state index contributed by atoms with van der Waals surface area (Å²) in [6.07, 6.45) is 4.16. The first-order chi connectivity index (χ1) is 12.2. The number of aryl methyl sites for hydroxylation is 2. The summed E-state index contributed by atoms with van der Waals surface area (Å²) in [5.74, 6) is 1.77. The summed E-state index contributed by atoms with van der Waals surface area (Å²) >= 11 is 0. The quantitative estimate of drug-likeness (QED) is 0.744. The predicted molar refractivity (Wildman–Crippen MR) is 94.0 cm³/mol. The van der Waals surface area contributed by atoms with Crippen LogP contribution in [0.15, 0.2) is 24.3 Å². The zero-order valence-corrected chi connectivity index (χ0v) is 14.5. The molecule has 0 aliphatic carbocycles. The Morgan fingerprint density at radius 1 is 1.28 bits per heavy atom. The van der Waals surface area contributed by atoms with E-state index >= 15 is 0 Å². The molecular formula is C18H25N5O2. The predicted octanol–water partition coefficient (Wildman–Crippen LogP) is 1.71. The molecule has 1 atom stereocenters. The average Bonchev–Trinajstić information content (AvgIpc) is 3.08. The van der Waals surface area contributed by atoms with Crippen molar-refractivity contribution in [3.8, 4) is 0 Å². The summed E-state index contributed by atoms with van der Waals surface area (Å²) in [5.41, 5.74) is 2.11. The van der Waals surface area contributed by atoms with Crippen molar-refractivity contribution in [1.82, 2.24) is 25.4 Å². The lowest BCUT2D eigenvalue weighted by Gasteiger charge is -2.18. The van der Waals surface area contributed by atoms with Crippen LogP contribution < -0.4 is 10.6 Å². The molecule has 1 aromatic carbocycles. The Balaban J connectivity index is 1.56. The van der Waals surface area contributed by atoms with Gasteiger partial charge >= 0.3 is 6.03 Å². The van der Waals surface area contributed by atoms with Crippen molar-refractivity contribution >= 4 is 6.03 Å².